The van der Waals surface area contributed by atoms with Crippen molar-refractivity contribution in [2.75, 3.05) is 18.3 Å². The zero-order valence-electron chi connectivity index (χ0n) is 8.92. The van der Waals surface area contributed by atoms with Crippen LogP contribution in [-0.4, -0.2) is 24.9 Å². The normalized spacial score (nSPS) is 9.59. The minimum atomic E-state index is -0.703. The number of hydrogen-bond donors (Lipinski definition) is 2. The Labute approximate surface area is 108 Å². The fourth-order valence-electron chi connectivity index (χ4n) is 1.04. The monoisotopic (exact) mass is 276 g/mol. The Kier molecular flexibility index (Phi) is 5.06. The van der Waals surface area contributed by atoms with Gasteiger partial charge in [-0.3, -0.25) is 10.1 Å². The smallest absolute Gasteiger partial charge is 0.325 e. The molecule has 0 fully saturated rings. The number of anilines is 1. The molecule has 17 heavy (non-hydrogen) atoms. The lowest BCUT2D eigenvalue weighted by atomic mass is 10.3. The van der Waals surface area contributed by atoms with E-state index in [2.05, 4.69) is 5.32 Å². The van der Waals surface area contributed by atoms with E-state index in [1.54, 1.807) is 12.1 Å². The maximum atomic E-state index is 11.3. The standard InChI is InChI=1S/C10H10Cl2N2O3/c1-17-6-2-3-7(12)8(4-6)13-10(16)14-9(15)5-11/h2-4H,5H2,1H3,(H2,13,14,15,16). The van der Waals surface area contributed by atoms with Crippen LogP contribution in [0.5, 0.6) is 5.75 Å². The number of alkyl halides is 1. The number of urea groups is 1. The van der Waals surface area contributed by atoms with Crippen molar-refractivity contribution >= 4 is 40.8 Å². The van der Waals surface area contributed by atoms with Crippen molar-refractivity contribution < 1.29 is 14.3 Å². The molecule has 3 amide bonds. The van der Waals surface area contributed by atoms with Gasteiger partial charge >= 0.3 is 6.03 Å². The number of carbonyl (C=O) groups is 2. The van der Waals surface area contributed by atoms with Gasteiger partial charge in [0.05, 0.1) is 17.8 Å². The Morgan fingerprint density at radius 2 is 2.12 bits per heavy atom. The molecule has 1 aromatic carbocycles. The minimum Gasteiger partial charge on any atom is -0.497 e. The molecule has 0 aliphatic carbocycles. The van der Waals surface area contributed by atoms with Crippen molar-refractivity contribution in [2.45, 2.75) is 0 Å². The van der Waals surface area contributed by atoms with Gasteiger partial charge in [-0.1, -0.05) is 11.6 Å². The van der Waals surface area contributed by atoms with E-state index in [0.717, 1.165) is 0 Å². The summed E-state index contributed by atoms with van der Waals surface area (Å²) in [5.41, 5.74) is 0.339. The van der Waals surface area contributed by atoms with Crippen molar-refractivity contribution in [3.05, 3.63) is 23.2 Å². The number of nitrogens with one attached hydrogen (secondary N) is 2. The van der Waals surface area contributed by atoms with Crippen molar-refractivity contribution in [2.24, 2.45) is 0 Å². The van der Waals surface area contributed by atoms with E-state index in [4.69, 9.17) is 27.9 Å². The average molecular weight is 277 g/mol. The molecule has 0 heterocycles. The van der Waals surface area contributed by atoms with Crippen LogP contribution in [0.3, 0.4) is 0 Å². The maximum absolute atomic E-state index is 11.3. The van der Waals surface area contributed by atoms with E-state index in [0.29, 0.717) is 16.5 Å². The third-order valence-electron chi connectivity index (χ3n) is 1.80. The van der Waals surface area contributed by atoms with Crippen molar-refractivity contribution in [3.8, 4) is 5.75 Å². The summed E-state index contributed by atoms with van der Waals surface area (Å²) in [6.07, 6.45) is 0. The van der Waals surface area contributed by atoms with Gasteiger partial charge in [-0.25, -0.2) is 4.79 Å². The number of methoxy groups -OCH3 is 1. The Morgan fingerprint density at radius 1 is 1.41 bits per heavy atom. The molecule has 0 spiro atoms. The van der Waals surface area contributed by atoms with Gasteiger partial charge in [0.25, 0.3) is 0 Å². The highest BCUT2D eigenvalue weighted by atomic mass is 35.5. The summed E-state index contributed by atoms with van der Waals surface area (Å²) in [7, 11) is 1.49. The maximum Gasteiger partial charge on any atom is 0.325 e. The van der Waals surface area contributed by atoms with Crippen LogP contribution in [0.15, 0.2) is 18.2 Å². The largest absolute Gasteiger partial charge is 0.497 e. The van der Waals surface area contributed by atoms with Crippen LogP contribution in [0.4, 0.5) is 10.5 Å². The van der Waals surface area contributed by atoms with Gasteiger partial charge in [-0.15, -0.1) is 11.6 Å². The van der Waals surface area contributed by atoms with Crippen LogP contribution in [0.2, 0.25) is 5.02 Å². The predicted molar refractivity (Wildman–Crippen MR) is 65.9 cm³/mol. The molecular weight excluding hydrogens is 267 g/mol. The van der Waals surface area contributed by atoms with E-state index in [1.807, 2.05) is 5.32 Å². The van der Waals surface area contributed by atoms with Crippen LogP contribution in [0, 0.1) is 0 Å². The van der Waals surface area contributed by atoms with Gasteiger partial charge in [0.1, 0.15) is 11.6 Å². The second-order valence-electron chi connectivity index (χ2n) is 2.98. The highest BCUT2D eigenvalue weighted by Gasteiger charge is 2.09. The molecule has 5 nitrogen and oxygen atoms in total. The summed E-state index contributed by atoms with van der Waals surface area (Å²) in [6.45, 7) is 0. The molecule has 0 bridgehead atoms. The number of rotatable bonds is 3. The molecule has 0 radical (unpaired) electrons. The van der Waals surface area contributed by atoms with Gasteiger partial charge in [-0.05, 0) is 12.1 Å². The topological polar surface area (TPSA) is 67.4 Å². The molecule has 0 unspecified atom stereocenters. The van der Waals surface area contributed by atoms with Gasteiger partial charge in [0.2, 0.25) is 5.91 Å². The molecule has 1 aromatic rings. The Morgan fingerprint density at radius 3 is 2.71 bits per heavy atom. The summed E-state index contributed by atoms with van der Waals surface area (Å²) >= 11 is 11.1. The summed E-state index contributed by atoms with van der Waals surface area (Å²) in [5, 5.41) is 4.76. The van der Waals surface area contributed by atoms with Gasteiger partial charge < -0.3 is 10.1 Å². The SMILES string of the molecule is COc1ccc(Cl)c(NC(=O)NC(=O)CCl)c1. The lowest BCUT2D eigenvalue weighted by Crippen LogP contribution is -2.35. The van der Waals surface area contributed by atoms with E-state index in [1.165, 1.54) is 13.2 Å². The Balaban J connectivity index is 2.73. The fraction of sp³-hybridized carbons (Fsp3) is 0.200. The first kappa shape index (κ1) is 13.6. The number of halogens is 2. The van der Waals surface area contributed by atoms with E-state index in [9.17, 15) is 9.59 Å². The second-order valence-corrected chi connectivity index (χ2v) is 3.66. The van der Waals surface area contributed by atoms with Crippen LogP contribution >= 0.6 is 23.2 Å². The molecule has 0 saturated heterocycles. The van der Waals surface area contributed by atoms with Gasteiger partial charge in [-0.2, -0.15) is 0 Å². The van der Waals surface area contributed by atoms with Crippen molar-refractivity contribution in [1.29, 1.82) is 0 Å². The summed E-state index contributed by atoms with van der Waals surface area (Å²) < 4.78 is 4.98. The van der Waals surface area contributed by atoms with Crippen molar-refractivity contribution in [1.82, 2.24) is 5.32 Å². The third kappa shape index (κ3) is 4.13. The molecule has 2 N–H and O–H groups in total. The third-order valence-corrected chi connectivity index (χ3v) is 2.37. The fourth-order valence-corrected chi connectivity index (χ4v) is 1.27. The summed E-state index contributed by atoms with van der Waals surface area (Å²) in [5.74, 6) is -0.351. The Bertz CT molecular complexity index is 438. The second kappa shape index (κ2) is 6.32. The average Bonchev–Trinajstić information content (AvgIpc) is 2.31. The van der Waals surface area contributed by atoms with Crippen LogP contribution < -0.4 is 15.4 Å². The molecule has 0 atom stereocenters. The molecule has 7 heteroatoms. The minimum absolute atomic E-state index is 0.292. The quantitative estimate of drug-likeness (QED) is 0.832. The molecular formula is C10H10Cl2N2O3. The number of carbonyl (C=O) groups excluding carboxylic acids is 2. The molecule has 92 valence electrons. The number of hydrogen-bond acceptors (Lipinski definition) is 3. The number of imide groups is 1. The number of amides is 3. The first-order valence-corrected chi connectivity index (χ1v) is 5.48. The highest BCUT2D eigenvalue weighted by molar-refractivity contribution is 6.34. The summed E-state index contributed by atoms with van der Waals surface area (Å²) in [6, 6.07) is 4.05. The van der Waals surface area contributed by atoms with Crippen LogP contribution in [0.1, 0.15) is 0 Å². The molecule has 1 rings (SSSR count). The first-order valence-electron chi connectivity index (χ1n) is 4.57. The van der Waals surface area contributed by atoms with E-state index >= 15 is 0 Å². The zero-order valence-corrected chi connectivity index (χ0v) is 10.4. The Hall–Kier alpha value is -1.46. The van der Waals surface area contributed by atoms with Crippen LogP contribution in [0.25, 0.3) is 0 Å². The number of ether oxygens (including phenoxy) is 1. The number of benzene rings is 1. The van der Waals surface area contributed by atoms with E-state index < -0.39 is 11.9 Å². The molecule has 0 aliphatic heterocycles. The van der Waals surface area contributed by atoms with Gasteiger partial charge in [0.15, 0.2) is 0 Å². The molecule has 0 aliphatic rings. The zero-order chi connectivity index (χ0) is 12.8. The molecule has 0 saturated carbocycles. The van der Waals surface area contributed by atoms with Crippen LogP contribution in [-0.2, 0) is 4.79 Å². The highest BCUT2D eigenvalue weighted by Crippen LogP contribution is 2.26. The first-order chi connectivity index (χ1) is 8.06. The van der Waals surface area contributed by atoms with E-state index in [-0.39, 0.29) is 5.88 Å². The summed E-state index contributed by atoms with van der Waals surface area (Å²) in [4.78, 5) is 22.2. The van der Waals surface area contributed by atoms with Gasteiger partial charge in [0, 0.05) is 6.07 Å². The lowest BCUT2D eigenvalue weighted by Gasteiger charge is -2.09. The lowest BCUT2D eigenvalue weighted by molar-refractivity contribution is -0.117. The van der Waals surface area contributed by atoms with Crippen molar-refractivity contribution in [3.63, 3.8) is 0 Å². The predicted octanol–water partition coefficient (Wildman–Crippen LogP) is 2.24. The molecule has 0 aromatic heterocycles.